The van der Waals surface area contributed by atoms with Crippen LogP contribution in [0.25, 0.3) is 6.08 Å². The molecule has 0 saturated heterocycles. The SMILES string of the molecule is COC[C@@H](C)NC(=S)NNC(=O)/C=C/c1ccccc1Br. The molecule has 0 radical (unpaired) electrons. The Kier molecular flexibility index (Phi) is 7.96. The summed E-state index contributed by atoms with van der Waals surface area (Å²) < 4.78 is 5.90. The highest BCUT2D eigenvalue weighted by Crippen LogP contribution is 2.16. The van der Waals surface area contributed by atoms with E-state index < -0.39 is 0 Å². The Morgan fingerprint density at radius 3 is 2.81 bits per heavy atom. The maximum absolute atomic E-state index is 11.7. The average molecular weight is 372 g/mol. The number of hydrogen-bond donors (Lipinski definition) is 3. The van der Waals surface area contributed by atoms with E-state index in [0.717, 1.165) is 10.0 Å². The zero-order valence-corrected chi connectivity index (χ0v) is 14.3. The normalized spacial score (nSPS) is 12.0. The zero-order valence-electron chi connectivity index (χ0n) is 11.9. The van der Waals surface area contributed by atoms with Gasteiger partial charge in [-0.05, 0) is 36.8 Å². The van der Waals surface area contributed by atoms with E-state index in [2.05, 4.69) is 32.1 Å². The summed E-state index contributed by atoms with van der Waals surface area (Å²) in [4.78, 5) is 11.7. The van der Waals surface area contributed by atoms with Crippen LogP contribution < -0.4 is 16.2 Å². The van der Waals surface area contributed by atoms with Crippen molar-refractivity contribution in [3.8, 4) is 0 Å². The number of carbonyl (C=O) groups excluding carboxylic acids is 1. The van der Waals surface area contributed by atoms with Crippen LogP contribution in [-0.2, 0) is 9.53 Å². The van der Waals surface area contributed by atoms with Crippen LogP contribution in [0.3, 0.4) is 0 Å². The van der Waals surface area contributed by atoms with Gasteiger partial charge in [0.2, 0.25) is 0 Å². The number of hydrogen-bond acceptors (Lipinski definition) is 3. The van der Waals surface area contributed by atoms with Gasteiger partial charge in [0.05, 0.1) is 6.61 Å². The van der Waals surface area contributed by atoms with Gasteiger partial charge in [0.15, 0.2) is 5.11 Å². The molecule has 0 fully saturated rings. The number of nitrogens with one attached hydrogen (secondary N) is 3. The van der Waals surface area contributed by atoms with Gasteiger partial charge in [0.25, 0.3) is 5.91 Å². The fraction of sp³-hybridized carbons (Fsp3) is 0.286. The van der Waals surface area contributed by atoms with Gasteiger partial charge in [-0.2, -0.15) is 0 Å². The van der Waals surface area contributed by atoms with Crippen LogP contribution in [0.2, 0.25) is 0 Å². The van der Waals surface area contributed by atoms with E-state index >= 15 is 0 Å². The molecular formula is C14H18BrN3O2S. The summed E-state index contributed by atoms with van der Waals surface area (Å²) in [7, 11) is 1.61. The molecule has 1 rings (SSSR count). The molecule has 0 unspecified atom stereocenters. The summed E-state index contributed by atoms with van der Waals surface area (Å²) in [6.07, 6.45) is 3.14. The van der Waals surface area contributed by atoms with Gasteiger partial charge >= 0.3 is 0 Å². The van der Waals surface area contributed by atoms with E-state index in [1.807, 2.05) is 31.2 Å². The molecule has 0 aromatic heterocycles. The van der Waals surface area contributed by atoms with Crippen molar-refractivity contribution in [2.75, 3.05) is 13.7 Å². The van der Waals surface area contributed by atoms with Crippen molar-refractivity contribution in [3.63, 3.8) is 0 Å². The van der Waals surface area contributed by atoms with Gasteiger partial charge < -0.3 is 10.1 Å². The lowest BCUT2D eigenvalue weighted by Crippen LogP contribution is -2.49. The Morgan fingerprint density at radius 1 is 1.43 bits per heavy atom. The predicted octanol–water partition coefficient (Wildman–Crippen LogP) is 1.99. The highest BCUT2D eigenvalue weighted by atomic mass is 79.9. The second-order valence-electron chi connectivity index (χ2n) is 4.30. The second-order valence-corrected chi connectivity index (χ2v) is 5.56. The Labute approximate surface area is 138 Å². The number of methoxy groups -OCH3 is 1. The van der Waals surface area contributed by atoms with Crippen molar-refractivity contribution >= 4 is 45.2 Å². The minimum Gasteiger partial charge on any atom is -0.383 e. The number of hydrazine groups is 1. The molecule has 3 N–H and O–H groups in total. The number of rotatable bonds is 5. The largest absolute Gasteiger partial charge is 0.383 e. The van der Waals surface area contributed by atoms with E-state index in [1.165, 1.54) is 6.08 Å². The first-order valence-electron chi connectivity index (χ1n) is 6.31. The van der Waals surface area contributed by atoms with Gasteiger partial charge in [-0.3, -0.25) is 15.6 Å². The Bertz CT molecular complexity index is 523. The first-order chi connectivity index (χ1) is 10.0. The number of benzene rings is 1. The minimum atomic E-state index is -0.297. The molecule has 0 bridgehead atoms. The number of ether oxygens (including phenoxy) is 1. The molecular weight excluding hydrogens is 354 g/mol. The standard InChI is InChI=1S/C14H18BrN3O2S/c1-10(9-20-2)16-14(21)18-17-13(19)8-7-11-5-3-4-6-12(11)15/h3-8,10H,9H2,1-2H3,(H,17,19)(H2,16,18,21)/b8-7+/t10-/m1/s1. The molecule has 114 valence electrons. The quantitative estimate of drug-likeness (QED) is 0.419. The molecule has 5 nitrogen and oxygen atoms in total. The molecule has 1 amide bonds. The topological polar surface area (TPSA) is 62.4 Å². The molecule has 1 atom stereocenters. The number of halogens is 1. The van der Waals surface area contributed by atoms with Crippen molar-refractivity contribution in [3.05, 3.63) is 40.4 Å². The molecule has 7 heteroatoms. The van der Waals surface area contributed by atoms with Crippen molar-refractivity contribution in [1.82, 2.24) is 16.2 Å². The van der Waals surface area contributed by atoms with Crippen molar-refractivity contribution < 1.29 is 9.53 Å². The summed E-state index contributed by atoms with van der Waals surface area (Å²) in [5.41, 5.74) is 6.03. The van der Waals surface area contributed by atoms with Crippen LogP contribution in [0.15, 0.2) is 34.8 Å². The third kappa shape index (κ3) is 7.22. The van der Waals surface area contributed by atoms with Gasteiger partial charge in [-0.15, -0.1) is 0 Å². The number of carbonyl (C=O) groups is 1. The molecule has 0 heterocycles. The monoisotopic (exact) mass is 371 g/mol. The first-order valence-corrected chi connectivity index (χ1v) is 7.51. The average Bonchev–Trinajstić information content (AvgIpc) is 2.44. The fourth-order valence-corrected chi connectivity index (χ4v) is 2.16. The predicted molar refractivity (Wildman–Crippen MR) is 91.5 cm³/mol. The smallest absolute Gasteiger partial charge is 0.262 e. The zero-order chi connectivity index (χ0) is 15.7. The summed E-state index contributed by atoms with van der Waals surface area (Å²) in [5, 5.41) is 3.30. The van der Waals surface area contributed by atoms with Gasteiger partial charge in [-0.1, -0.05) is 34.1 Å². The van der Waals surface area contributed by atoms with Crippen molar-refractivity contribution in [2.24, 2.45) is 0 Å². The minimum absolute atomic E-state index is 0.0581. The molecule has 0 aliphatic carbocycles. The molecule has 0 saturated carbocycles. The summed E-state index contributed by atoms with van der Waals surface area (Å²) in [6, 6.07) is 7.68. The van der Waals surface area contributed by atoms with E-state index in [-0.39, 0.29) is 11.9 Å². The number of amides is 1. The maximum atomic E-state index is 11.7. The molecule has 1 aromatic rings. The van der Waals surface area contributed by atoms with Gasteiger partial charge in [0.1, 0.15) is 0 Å². The van der Waals surface area contributed by atoms with E-state index in [9.17, 15) is 4.79 Å². The molecule has 0 aliphatic heterocycles. The highest BCUT2D eigenvalue weighted by molar-refractivity contribution is 9.10. The highest BCUT2D eigenvalue weighted by Gasteiger charge is 2.03. The van der Waals surface area contributed by atoms with Crippen LogP contribution in [0.1, 0.15) is 12.5 Å². The molecule has 0 spiro atoms. The molecule has 0 aliphatic rings. The summed E-state index contributed by atoms with van der Waals surface area (Å²) in [5.74, 6) is -0.297. The second kappa shape index (κ2) is 9.49. The Morgan fingerprint density at radius 2 is 2.14 bits per heavy atom. The van der Waals surface area contributed by atoms with Crippen LogP contribution in [0.5, 0.6) is 0 Å². The van der Waals surface area contributed by atoms with Gasteiger partial charge in [-0.25, -0.2) is 0 Å². The third-order valence-electron chi connectivity index (χ3n) is 2.41. The van der Waals surface area contributed by atoms with E-state index in [1.54, 1.807) is 13.2 Å². The van der Waals surface area contributed by atoms with Crippen molar-refractivity contribution in [2.45, 2.75) is 13.0 Å². The third-order valence-corrected chi connectivity index (χ3v) is 3.35. The maximum Gasteiger partial charge on any atom is 0.262 e. The number of thiocarbonyl (C=S) groups is 1. The van der Waals surface area contributed by atoms with Crippen LogP contribution in [0, 0.1) is 0 Å². The Balaban J connectivity index is 2.37. The summed E-state index contributed by atoms with van der Waals surface area (Å²) >= 11 is 8.45. The Hall–Kier alpha value is -1.44. The van der Waals surface area contributed by atoms with Crippen LogP contribution in [-0.4, -0.2) is 30.8 Å². The van der Waals surface area contributed by atoms with Crippen molar-refractivity contribution in [1.29, 1.82) is 0 Å². The fourth-order valence-electron chi connectivity index (χ4n) is 1.49. The van der Waals surface area contributed by atoms with E-state index in [4.69, 9.17) is 17.0 Å². The van der Waals surface area contributed by atoms with Crippen LogP contribution in [0.4, 0.5) is 0 Å². The lowest BCUT2D eigenvalue weighted by atomic mass is 10.2. The molecule has 1 aromatic carbocycles. The molecule has 21 heavy (non-hydrogen) atoms. The van der Waals surface area contributed by atoms with E-state index in [0.29, 0.717) is 11.7 Å². The lowest BCUT2D eigenvalue weighted by Gasteiger charge is -2.15. The van der Waals surface area contributed by atoms with Gasteiger partial charge in [0, 0.05) is 23.7 Å². The summed E-state index contributed by atoms with van der Waals surface area (Å²) in [6.45, 7) is 2.45. The van der Waals surface area contributed by atoms with Crippen LogP contribution >= 0.6 is 28.1 Å². The first kappa shape index (κ1) is 17.6. The lowest BCUT2D eigenvalue weighted by molar-refractivity contribution is -0.116.